The van der Waals surface area contributed by atoms with Gasteiger partial charge < -0.3 is 24.1 Å². The Kier molecular flexibility index (Phi) is 8.09. The van der Waals surface area contributed by atoms with Crippen molar-refractivity contribution < 1.29 is 47.3 Å². The van der Waals surface area contributed by atoms with Crippen molar-refractivity contribution in [2.24, 2.45) is 0 Å². The topological polar surface area (TPSA) is 181 Å². The van der Waals surface area contributed by atoms with E-state index in [0.29, 0.717) is 9.44 Å². The number of nitro groups is 1. The summed E-state index contributed by atoms with van der Waals surface area (Å²) in [4.78, 5) is 49.9. The SMILES string of the molecule is CC(C)(C)OC(=O)OC[C@H]1O[C@@H](n2ccc(NC(=O)OCc3ccc([N+](=O)[O-])s3)nc2=O)C(F)(F)[C@@H]1O. The van der Waals surface area contributed by atoms with Gasteiger partial charge in [-0.3, -0.25) is 20.0 Å². The maximum Gasteiger partial charge on any atom is 0.508 e. The monoisotopic (exact) mass is 548 g/mol. The van der Waals surface area contributed by atoms with Crippen molar-refractivity contribution >= 4 is 34.4 Å². The van der Waals surface area contributed by atoms with Crippen molar-refractivity contribution in [3.8, 4) is 0 Å². The number of ether oxygens (including phenoxy) is 4. The second-order valence-corrected chi connectivity index (χ2v) is 9.77. The third kappa shape index (κ3) is 6.95. The van der Waals surface area contributed by atoms with Gasteiger partial charge in [0.05, 0.1) is 4.92 Å². The predicted molar refractivity (Wildman–Crippen MR) is 120 cm³/mol. The molecule has 0 unspecified atom stereocenters. The molecule has 0 bridgehead atoms. The molecule has 1 saturated heterocycles. The third-order valence-electron chi connectivity index (χ3n) is 4.62. The van der Waals surface area contributed by atoms with Gasteiger partial charge in [0.15, 0.2) is 6.10 Å². The number of aliphatic hydroxyl groups is 1. The number of hydrogen-bond donors (Lipinski definition) is 2. The van der Waals surface area contributed by atoms with Crippen LogP contribution >= 0.6 is 11.3 Å². The molecule has 2 N–H and O–H groups in total. The molecule has 0 spiro atoms. The summed E-state index contributed by atoms with van der Waals surface area (Å²) in [5, 5.41) is 22.7. The number of anilines is 1. The van der Waals surface area contributed by atoms with Crippen LogP contribution in [0.4, 0.5) is 29.2 Å². The Labute approximate surface area is 210 Å². The molecular formula is C20H22F2N4O10S. The highest BCUT2D eigenvalue weighted by Crippen LogP contribution is 2.42. The van der Waals surface area contributed by atoms with Gasteiger partial charge in [-0.15, -0.1) is 0 Å². The van der Waals surface area contributed by atoms with Crippen molar-refractivity contribution in [2.45, 2.75) is 57.3 Å². The highest BCUT2D eigenvalue weighted by Gasteiger charge is 2.60. The summed E-state index contributed by atoms with van der Waals surface area (Å²) >= 11 is 0.802. The number of carbonyl (C=O) groups is 2. The van der Waals surface area contributed by atoms with Crippen molar-refractivity contribution in [1.29, 1.82) is 0 Å². The Hall–Kier alpha value is -3.70. The molecule has 1 amide bonds. The van der Waals surface area contributed by atoms with Gasteiger partial charge in [-0.2, -0.15) is 13.8 Å². The van der Waals surface area contributed by atoms with E-state index in [2.05, 4.69) is 10.3 Å². The molecular weight excluding hydrogens is 526 g/mol. The minimum Gasteiger partial charge on any atom is -0.444 e. The highest BCUT2D eigenvalue weighted by atomic mass is 32.1. The first-order valence-corrected chi connectivity index (χ1v) is 11.3. The van der Waals surface area contributed by atoms with E-state index >= 15 is 0 Å². The Morgan fingerprint density at radius 2 is 2.03 bits per heavy atom. The van der Waals surface area contributed by atoms with E-state index in [9.17, 15) is 38.4 Å². The molecule has 3 rings (SSSR count). The van der Waals surface area contributed by atoms with Gasteiger partial charge >= 0.3 is 28.9 Å². The molecule has 0 aliphatic carbocycles. The molecule has 1 aliphatic rings. The lowest BCUT2D eigenvalue weighted by atomic mass is 10.1. The first kappa shape index (κ1) is 27.9. The molecule has 2 aromatic rings. The number of hydrogen-bond acceptors (Lipinski definition) is 12. The number of aromatic nitrogens is 2. The number of aliphatic hydroxyl groups excluding tert-OH is 1. The summed E-state index contributed by atoms with van der Waals surface area (Å²) in [7, 11) is 0. The maximum atomic E-state index is 14.7. The van der Waals surface area contributed by atoms with E-state index in [1.807, 2.05) is 0 Å². The van der Waals surface area contributed by atoms with E-state index in [1.165, 1.54) is 12.1 Å². The smallest absolute Gasteiger partial charge is 0.444 e. The van der Waals surface area contributed by atoms with Gasteiger partial charge in [-0.1, -0.05) is 11.3 Å². The normalized spacial score (nSPS) is 20.8. The number of thiophene rings is 1. The molecule has 1 fully saturated rings. The average molecular weight is 548 g/mol. The van der Waals surface area contributed by atoms with E-state index in [0.717, 1.165) is 23.6 Å². The lowest BCUT2D eigenvalue weighted by Crippen LogP contribution is -2.42. The van der Waals surface area contributed by atoms with Crippen LogP contribution in [-0.2, 0) is 25.6 Å². The van der Waals surface area contributed by atoms with E-state index in [4.69, 9.17) is 18.9 Å². The number of nitrogens with zero attached hydrogens (tertiary/aromatic N) is 3. The summed E-state index contributed by atoms with van der Waals surface area (Å²) in [6.45, 7) is 3.62. The molecule has 37 heavy (non-hydrogen) atoms. The second-order valence-electron chi connectivity index (χ2n) is 8.62. The highest BCUT2D eigenvalue weighted by molar-refractivity contribution is 7.15. The minimum absolute atomic E-state index is 0.140. The molecule has 3 atom stereocenters. The summed E-state index contributed by atoms with van der Waals surface area (Å²) in [5.41, 5.74) is -2.15. The van der Waals surface area contributed by atoms with Gasteiger partial charge in [0.1, 0.15) is 30.7 Å². The van der Waals surface area contributed by atoms with E-state index in [-0.39, 0.29) is 17.4 Å². The van der Waals surface area contributed by atoms with Gasteiger partial charge in [0.25, 0.3) is 0 Å². The van der Waals surface area contributed by atoms with Crippen molar-refractivity contribution in [3.05, 3.63) is 49.9 Å². The third-order valence-corrected chi connectivity index (χ3v) is 5.63. The molecule has 0 radical (unpaired) electrons. The van der Waals surface area contributed by atoms with Crippen LogP contribution in [0.5, 0.6) is 0 Å². The van der Waals surface area contributed by atoms with Crippen LogP contribution in [0.1, 0.15) is 31.9 Å². The zero-order valence-electron chi connectivity index (χ0n) is 19.6. The Balaban J connectivity index is 1.61. The molecule has 3 heterocycles. The Bertz CT molecular complexity index is 1230. The van der Waals surface area contributed by atoms with Crippen LogP contribution in [-0.4, -0.2) is 62.2 Å². The summed E-state index contributed by atoms with van der Waals surface area (Å²) in [6, 6.07) is 3.65. The molecule has 14 nitrogen and oxygen atoms in total. The van der Waals surface area contributed by atoms with Crippen molar-refractivity contribution in [3.63, 3.8) is 0 Å². The Morgan fingerprint density at radius 3 is 2.62 bits per heavy atom. The fourth-order valence-corrected chi connectivity index (χ4v) is 3.75. The molecule has 202 valence electrons. The maximum absolute atomic E-state index is 14.7. The van der Waals surface area contributed by atoms with Gasteiger partial charge in [-0.05, 0) is 32.9 Å². The number of carbonyl (C=O) groups excluding carboxylic acids is 2. The zero-order valence-corrected chi connectivity index (χ0v) is 20.4. The van der Waals surface area contributed by atoms with E-state index in [1.54, 1.807) is 20.8 Å². The second kappa shape index (κ2) is 10.7. The van der Waals surface area contributed by atoms with Crippen LogP contribution in [0.25, 0.3) is 0 Å². The van der Waals surface area contributed by atoms with Crippen LogP contribution in [0.15, 0.2) is 29.2 Å². The van der Waals surface area contributed by atoms with Gasteiger partial charge in [0, 0.05) is 17.1 Å². The van der Waals surface area contributed by atoms with Crippen LogP contribution < -0.4 is 11.0 Å². The number of rotatable bonds is 7. The first-order chi connectivity index (χ1) is 17.2. The number of nitrogens with one attached hydrogen (secondary N) is 1. The summed E-state index contributed by atoms with van der Waals surface area (Å²) in [6.07, 6.45) is -7.75. The van der Waals surface area contributed by atoms with Crippen molar-refractivity contribution in [1.82, 2.24) is 9.55 Å². The van der Waals surface area contributed by atoms with Crippen LogP contribution in [0, 0.1) is 10.1 Å². The number of halogens is 2. The summed E-state index contributed by atoms with van der Waals surface area (Å²) < 4.78 is 49.4. The van der Waals surface area contributed by atoms with Gasteiger partial charge in [-0.25, -0.2) is 14.4 Å². The largest absolute Gasteiger partial charge is 0.508 e. The van der Waals surface area contributed by atoms with Crippen LogP contribution in [0.2, 0.25) is 0 Å². The lowest BCUT2D eigenvalue weighted by Gasteiger charge is -2.21. The standard InChI is InChI=1S/C20H22F2N4O10S/c1-19(2,3)36-18(30)34-9-11-14(27)20(21,22)15(35-11)25-7-6-12(23-16(25)28)24-17(29)33-8-10-4-5-13(37-10)26(31)32/h4-7,11,14-15,27H,8-9H2,1-3H3,(H,23,24,28,29)/t11-,14-,15-/m1/s1. The van der Waals surface area contributed by atoms with Gasteiger partial charge in [0.2, 0.25) is 6.23 Å². The quantitative estimate of drug-likeness (QED) is 0.295. The minimum atomic E-state index is -3.97. The molecule has 17 heteroatoms. The first-order valence-electron chi connectivity index (χ1n) is 10.5. The summed E-state index contributed by atoms with van der Waals surface area (Å²) in [5.74, 6) is -4.31. The number of amides is 1. The fourth-order valence-electron chi connectivity index (χ4n) is 3.02. The number of alkyl halides is 2. The molecule has 0 saturated carbocycles. The zero-order chi connectivity index (χ0) is 27.5. The molecule has 1 aliphatic heterocycles. The molecule has 0 aromatic carbocycles. The molecule has 2 aromatic heterocycles. The average Bonchev–Trinajstić information content (AvgIpc) is 3.34. The van der Waals surface area contributed by atoms with Crippen molar-refractivity contribution in [2.75, 3.05) is 11.9 Å². The lowest BCUT2D eigenvalue weighted by molar-refractivity contribution is -0.380. The van der Waals surface area contributed by atoms with E-state index < -0.39 is 59.4 Å². The Morgan fingerprint density at radius 1 is 1.32 bits per heavy atom. The van der Waals surface area contributed by atoms with Crippen LogP contribution in [0.3, 0.4) is 0 Å². The fraction of sp³-hybridized carbons (Fsp3) is 0.500. The predicted octanol–water partition coefficient (Wildman–Crippen LogP) is 2.81.